The van der Waals surface area contributed by atoms with Crippen LogP contribution in [0.15, 0.2) is 0 Å². The van der Waals surface area contributed by atoms with Crippen molar-refractivity contribution in [3.63, 3.8) is 0 Å². The van der Waals surface area contributed by atoms with Crippen molar-refractivity contribution in [2.24, 2.45) is 5.92 Å². The summed E-state index contributed by atoms with van der Waals surface area (Å²) in [6, 6.07) is 0.427. The lowest BCUT2D eigenvalue weighted by Crippen LogP contribution is -2.63. The second-order valence-electron chi connectivity index (χ2n) is 8.52. The highest BCUT2D eigenvalue weighted by Crippen LogP contribution is 2.28. The van der Waals surface area contributed by atoms with Gasteiger partial charge in [-0.1, -0.05) is 0 Å². The molecule has 0 aromatic heterocycles. The predicted octanol–water partition coefficient (Wildman–Crippen LogP) is 2.15. The minimum atomic E-state index is -0.0362. The smallest absolute Gasteiger partial charge is 0.315 e. The van der Waals surface area contributed by atoms with Crippen LogP contribution in [-0.4, -0.2) is 40.9 Å². The van der Waals surface area contributed by atoms with Crippen LogP contribution in [0.5, 0.6) is 0 Å². The summed E-state index contributed by atoms with van der Waals surface area (Å²) in [6.45, 7) is 9.04. The molecule has 128 valence electrons. The fourth-order valence-corrected chi connectivity index (χ4v) is 4.33. The van der Waals surface area contributed by atoms with Crippen LogP contribution in [0.2, 0.25) is 0 Å². The van der Waals surface area contributed by atoms with E-state index in [0.29, 0.717) is 5.92 Å². The first-order valence-corrected chi connectivity index (χ1v) is 8.66. The predicted molar refractivity (Wildman–Crippen MR) is 88.8 cm³/mol. The van der Waals surface area contributed by atoms with E-state index in [0.717, 1.165) is 38.5 Å². The van der Waals surface area contributed by atoms with Crippen molar-refractivity contribution in [2.75, 3.05) is 6.61 Å². The average Bonchev–Trinajstić information content (AvgIpc) is 2.35. The molecule has 1 heterocycles. The second-order valence-corrected chi connectivity index (χ2v) is 8.52. The Morgan fingerprint density at radius 2 is 1.50 bits per heavy atom. The molecule has 2 rings (SSSR count). The number of rotatable bonds is 3. The molecule has 1 aliphatic carbocycles. The number of carbonyl (C=O) groups excluding carboxylic acids is 1. The summed E-state index contributed by atoms with van der Waals surface area (Å²) in [5.74, 6) is 0.423. The summed E-state index contributed by atoms with van der Waals surface area (Å²) < 4.78 is 0. The van der Waals surface area contributed by atoms with Crippen LogP contribution in [0.1, 0.15) is 66.2 Å². The first kappa shape index (κ1) is 17.5. The van der Waals surface area contributed by atoms with E-state index in [-0.39, 0.29) is 35.8 Å². The highest BCUT2D eigenvalue weighted by molar-refractivity contribution is 5.74. The molecular formula is C17H33N3O2. The Balaban J connectivity index is 1.79. The Morgan fingerprint density at radius 3 is 2.00 bits per heavy atom. The topological polar surface area (TPSA) is 73.4 Å². The molecule has 0 bridgehead atoms. The lowest BCUT2D eigenvalue weighted by molar-refractivity contribution is 0.145. The van der Waals surface area contributed by atoms with E-state index >= 15 is 0 Å². The van der Waals surface area contributed by atoms with Gasteiger partial charge in [0, 0.05) is 29.8 Å². The van der Waals surface area contributed by atoms with Gasteiger partial charge in [0.25, 0.3) is 0 Å². The minimum absolute atomic E-state index is 0.0362. The quantitative estimate of drug-likeness (QED) is 0.645. The van der Waals surface area contributed by atoms with Gasteiger partial charge < -0.3 is 21.1 Å². The van der Waals surface area contributed by atoms with Gasteiger partial charge in [-0.25, -0.2) is 4.79 Å². The van der Waals surface area contributed by atoms with Gasteiger partial charge in [-0.15, -0.1) is 0 Å². The van der Waals surface area contributed by atoms with Crippen LogP contribution in [0.4, 0.5) is 4.79 Å². The maximum atomic E-state index is 12.3. The van der Waals surface area contributed by atoms with Gasteiger partial charge in [-0.2, -0.15) is 0 Å². The molecule has 22 heavy (non-hydrogen) atoms. The van der Waals surface area contributed by atoms with Gasteiger partial charge in [0.05, 0.1) is 0 Å². The molecule has 1 saturated carbocycles. The first-order valence-electron chi connectivity index (χ1n) is 8.66. The SMILES string of the molecule is CC1(C)CC(NC(=O)NC2CCC(CO)CC2)CC(C)(C)N1. The van der Waals surface area contributed by atoms with Gasteiger partial charge in [0.2, 0.25) is 0 Å². The third kappa shape index (κ3) is 5.13. The number of hydrogen-bond donors (Lipinski definition) is 4. The molecule has 0 aromatic rings. The van der Waals surface area contributed by atoms with Gasteiger partial charge in [0.15, 0.2) is 0 Å². The normalized spacial score (nSPS) is 31.5. The molecule has 0 aromatic carbocycles. The molecule has 2 fully saturated rings. The Bertz CT molecular complexity index is 371. The molecule has 0 unspecified atom stereocenters. The Kier molecular flexibility index (Phi) is 5.38. The van der Waals surface area contributed by atoms with Crippen LogP contribution in [0.25, 0.3) is 0 Å². The van der Waals surface area contributed by atoms with Crippen molar-refractivity contribution in [3.8, 4) is 0 Å². The van der Waals surface area contributed by atoms with Gasteiger partial charge in [-0.05, 0) is 72.1 Å². The number of amides is 2. The number of aliphatic hydroxyl groups excluding tert-OH is 1. The van der Waals surface area contributed by atoms with Crippen molar-refractivity contribution in [1.29, 1.82) is 0 Å². The highest BCUT2D eigenvalue weighted by atomic mass is 16.3. The van der Waals surface area contributed by atoms with E-state index in [4.69, 9.17) is 5.11 Å². The molecule has 5 nitrogen and oxygen atoms in total. The number of piperidine rings is 1. The largest absolute Gasteiger partial charge is 0.396 e. The average molecular weight is 311 g/mol. The maximum Gasteiger partial charge on any atom is 0.315 e. The number of carbonyl (C=O) groups is 1. The first-order chi connectivity index (χ1) is 10.2. The summed E-state index contributed by atoms with van der Waals surface area (Å²) >= 11 is 0. The lowest BCUT2D eigenvalue weighted by Gasteiger charge is -2.46. The minimum Gasteiger partial charge on any atom is -0.396 e. The van der Waals surface area contributed by atoms with E-state index in [1.807, 2.05) is 0 Å². The maximum absolute atomic E-state index is 12.3. The molecular weight excluding hydrogens is 278 g/mol. The lowest BCUT2D eigenvalue weighted by atomic mass is 9.79. The molecule has 0 spiro atoms. The summed E-state index contributed by atoms with van der Waals surface area (Å²) in [5, 5.41) is 19.1. The summed E-state index contributed by atoms with van der Waals surface area (Å²) in [6.07, 6.45) is 5.86. The molecule has 1 saturated heterocycles. The zero-order valence-electron chi connectivity index (χ0n) is 14.5. The number of urea groups is 1. The number of nitrogens with one attached hydrogen (secondary N) is 3. The van der Waals surface area contributed by atoms with Crippen LogP contribution in [0, 0.1) is 5.92 Å². The van der Waals surface area contributed by atoms with Crippen LogP contribution in [0.3, 0.4) is 0 Å². The van der Waals surface area contributed by atoms with Crippen LogP contribution < -0.4 is 16.0 Å². The molecule has 5 heteroatoms. The van der Waals surface area contributed by atoms with Crippen LogP contribution >= 0.6 is 0 Å². The Hall–Kier alpha value is -0.810. The summed E-state index contributed by atoms with van der Waals surface area (Å²) in [4.78, 5) is 12.3. The second kappa shape index (κ2) is 6.75. The van der Waals surface area contributed by atoms with Crippen molar-refractivity contribution in [2.45, 2.75) is 89.4 Å². The fraction of sp³-hybridized carbons (Fsp3) is 0.941. The van der Waals surface area contributed by atoms with E-state index in [9.17, 15) is 4.79 Å². The van der Waals surface area contributed by atoms with E-state index in [1.165, 1.54) is 0 Å². The molecule has 4 N–H and O–H groups in total. The zero-order chi connectivity index (χ0) is 16.4. The fourth-order valence-electron chi connectivity index (χ4n) is 4.33. The molecule has 0 radical (unpaired) electrons. The third-order valence-electron chi connectivity index (χ3n) is 4.97. The Morgan fingerprint density at radius 1 is 1.00 bits per heavy atom. The third-order valence-corrected chi connectivity index (χ3v) is 4.97. The highest BCUT2D eigenvalue weighted by Gasteiger charge is 2.38. The standard InChI is InChI=1S/C17H33N3O2/c1-16(2)9-14(10-17(3,4)20-16)19-15(22)18-13-7-5-12(11-21)6-8-13/h12-14,20-21H,5-11H2,1-4H3,(H2,18,19,22). The van der Waals surface area contributed by atoms with Crippen molar-refractivity contribution < 1.29 is 9.90 Å². The zero-order valence-corrected chi connectivity index (χ0v) is 14.5. The van der Waals surface area contributed by atoms with Gasteiger partial charge in [-0.3, -0.25) is 0 Å². The molecule has 1 aliphatic heterocycles. The van der Waals surface area contributed by atoms with Crippen molar-refractivity contribution in [3.05, 3.63) is 0 Å². The van der Waals surface area contributed by atoms with E-state index < -0.39 is 0 Å². The van der Waals surface area contributed by atoms with Crippen LogP contribution in [-0.2, 0) is 0 Å². The number of hydrogen-bond acceptors (Lipinski definition) is 3. The Labute approximate surface area is 134 Å². The number of aliphatic hydroxyl groups is 1. The molecule has 0 atom stereocenters. The monoisotopic (exact) mass is 311 g/mol. The van der Waals surface area contributed by atoms with Crippen molar-refractivity contribution >= 4 is 6.03 Å². The van der Waals surface area contributed by atoms with E-state index in [1.54, 1.807) is 0 Å². The van der Waals surface area contributed by atoms with Gasteiger partial charge >= 0.3 is 6.03 Å². The van der Waals surface area contributed by atoms with Crippen molar-refractivity contribution in [1.82, 2.24) is 16.0 Å². The van der Waals surface area contributed by atoms with E-state index in [2.05, 4.69) is 43.6 Å². The van der Waals surface area contributed by atoms with Gasteiger partial charge in [0.1, 0.15) is 0 Å². The summed E-state index contributed by atoms with van der Waals surface area (Å²) in [7, 11) is 0. The molecule has 2 aliphatic rings. The molecule has 2 amide bonds. The summed E-state index contributed by atoms with van der Waals surface area (Å²) in [5.41, 5.74) is 0.0811.